The average molecular weight is 285 g/mol. The SMILES string of the molecule is CS(=O)(=O)c1cc(F)cc(C2(CN)CCCCC2)c1. The Morgan fingerprint density at radius 3 is 2.37 bits per heavy atom. The van der Waals surface area contributed by atoms with Crippen LogP contribution in [0.15, 0.2) is 23.1 Å². The molecule has 0 radical (unpaired) electrons. The van der Waals surface area contributed by atoms with Crippen LogP contribution in [0, 0.1) is 5.82 Å². The van der Waals surface area contributed by atoms with E-state index in [1.54, 1.807) is 6.07 Å². The van der Waals surface area contributed by atoms with Crippen molar-refractivity contribution in [2.24, 2.45) is 5.73 Å². The zero-order valence-corrected chi connectivity index (χ0v) is 12.0. The molecule has 2 N–H and O–H groups in total. The average Bonchev–Trinajstić information content (AvgIpc) is 2.38. The van der Waals surface area contributed by atoms with Gasteiger partial charge in [0.05, 0.1) is 4.90 Å². The summed E-state index contributed by atoms with van der Waals surface area (Å²) in [4.78, 5) is 0.0425. The van der Waals surface area contributed by atoms with Crippen LogP contribution in [-0.4, -0.2) is 21.2 Å². The third-order valence-corrected chi connectivity index (χ3v) is 5.21. The summed E-state index contributed by atoms with van der Waals surface area (Å²) in [6.07, 6.45) is 6.17. The van der Waals surface area contributed by atoms with Gasteiger partial charge in [0.25, 0.3) is 0 Å². The molecule has 19 heavy (non-hydrogen) atoms. The molecule has 0 unspecified atom stereocenters. The van der Waals surface area contributed by atoms with Gasteiger partial charge in [0.1, 0.15) is 5.82 Å². The van der Waals surface area contributed by atoms with E-state index in [2.05, 4.69) is 0 Å². The van der Waals surface area contributed by atoms with Gasteiger partial charge < -0.3 is 5.73 Å². The number of hydrogen-bond acceptors (Lipinski definition) is 3. The minimum atomic E-state index is -3.40. The fourth-order valence-electron chi connectivity index (χ4n) is 2.92. The molecule has 5 heteroatoms. The van der Waals surface area contributed by atoms with Crippen LogP contribution in [-0.2, 0) is 15.3 Å². The lowest BCUT2D eigenvalue weighted by Crippen LogP contribution is -2.37. The summed E-state index contributed by atoms with van der Waals surface area (Å²) in [5.41, 5.74) is 6.38. The molecule has 1 aromatic carbocycles. The van der Waals surface area contributed by atoms with Crippen LogP contribution in [0.5, 0.6) is 0 Å². The van der Waals surface area contributed by atoms with Gasteiger partial charge in [-0.3, -0.25) is 0 Å². The molecular formula is C14H20FNO2S. The van der Waals surface area contributed by atoms with E-state index >= 15 is 0 Å². The highest BCUT2D eigenvalue weighted by Crippen LogP contribution is 2.39. The summed E-state index contributed by atoms with van der Waals surface area (Å²) in [7, 11) is -3.40. The fourth-order valence-corrected chi connectivity index (χ4v) is 3.59. The van der Waals surface area contributed by atoms with E-state index < -0.39 is 15.7 Å². The lowest BCUT2D eigenvalue weighted by molar-refractivity contribution is 0.299. The highest BCUT2D eigenvalue weighted by molar-refractivity contribution is 7.90. The normalized spacial score (nSPS) is 19.3. The lowest BCUT2D eigenvalue weighted by Gasteiger charge is -2.37. The topological polar surface area (TPSA) is 60.2 Å². The first-order chi connectivity index (χ1) is 8.87. The van der Waals surface area contributed by atoms with Crippen LogP contribution in [0.25, 0.3) is 0 Å². The molecule has 0 saturated heterocycles. The Hall–Kier alpha value is -0.940. The van der Waals surface area contributed by atoms with Gasteiger partial charge in [0.2, 0.25) is 0 Å². The number of benzene rings is 1. The number of hydrogen-bond donors (Lipinski definition) is 1. The molecule has 0 aliphatic heterocycles. The Bertz CT molecular complexity index is 563. The van der Waals surface area contributed by atoms with Gasteiger partial charge in [-0.1, -0.05) is 19.3 Å². The standard InChI is InChI=1S/C14H20FNO2S/c1-19(17,18)13-8-11(7-12(15)9-13)14(10-16)5-3-2-4-6-14/h7-9H,2-6,10,16H2,1H3. The molecule has 0 atom stereocenters. The summed E-state index contributed by atoms with van der Waals surface area (Å²) >= 11 is 0. The Kier molecular flexibility index (Phi) is 3.97. The Morgan fingerprint density at radius 2 is 1.84 bits per heavy atom. The third kappa shape index (κ3) is 2.98. The summed E-state index contributed by atoms with van der Waals surface area (Å²) in [6.45, 7) is 0.430. The van der Waals surface area contributed by atoms with Crippen molar-refractivity contribution in [2.45, 2.75) is 42.4 Å². The molecule has 0 amide bonds. The minimum absolute atomic E-state index is 0.0425. The van der Waals surface area contributed by atoms with Crippen molar-refractivity contribution in [3.05, 3.63) is 29.6 Å². The van der Waals surface area contributed by atoms with Crippen LogP contribution in [0.2, 0.25) is 0 Å². The molecule has 0 heterocycles. The van der Waals surface area contributed by atoms with Crippen molar-refractivity contribution in [3.8, 4) is 0 Å². The number of sulfone groups is 1. The van der Waals surface area contributed by atoms with Crippen LogP contribution < -0.4 is 5.73 Å². The van der Waals surface area contributed by atoms with Crippen LogP contribution in [0.4, 0.5) is 4.39 Å². The first-order valence-corrected chi connectivity index (χ1v) is 8.48. The van der Waals surface area contributed by atoms with Crippen molar-refractivity contribution in [1.82, 2.24) is 0 Å². The largest absolute Gasteiger partial charge is 0.330 e. The molecule has 3 nitrogen and oxygen atoms in total. The van der Waals surface area contributed by atoms with Crippen molar-refractivity contribution in [2.75, 3.05) is 12.8 Å². The van der Waals surface area contributed by atoms with E-state index in [9.17, 15) is 12.8 Å². The summed E-state index contributed by atoms with van der Waals surface area (Å²) in [5, 5.41) is 0. The molecule has 1 fully saturated rings. The van der Waals surface area contributed by atoms with E-state index in [1.807, 2.05) is 0 Å². The third-order valence-electron chi connectivity index (χ3n) is 4.11. The second-order valence-electron chi connectivity index (χ2n) is 5.49. The molecule has 1 aromatic rings. The van der Waals surface area contributed by atoms with Gasteiger partial charge in [-0.15, -0.1) is 0 Å². The lowest BCUT2D eigenvalue weighted by atomic mass is 9.69. The first-order valence-electron chi connectivity index (χ1n) is 6.59. The molecule has 106 valence electrons. The molecule has 0 spiro atoms. The Labute approximate surface area is 113 Å². The fraction of sp³-hybridized carbons (Fsp3) is 0.571. The van der Waals surface area contributed by atoms with Crippen molar-refractivity contribution in [3.63, 3.8) is 0 Å². The molecule has 1 aliphatic carbocycles. The van der Waals surface area contributed by atoms with E-state index in [4.69, 9.17) is 5.73 Å². The van der Waals surface area contributed by atoms with Gasteiger partial charge in [-0.25, -0.2) is 12.8 Å². The molecule has 1 aliphatic rings. The zero-order valence-electron chi connectivity index (χ0n) is 11.2. The predicted molar refractivity (Wildman–Crippen MR) is 73.3 cm³/mol. The molecule has 0 aromatic heterocycles. The monoisotopic (exact) mass is 285 g/mol. The van der Waals surface area contributed by atoms with E-state index in [1.165, 1.54) is 6.07 Å². The maximum absolute atomic E-state index is 13.7. The van der Waals surface area contributed by atoms with Gasteiger partial charge in [-0.2, -0.15) is 0 Å². The second kappa shape index (κ2) is 5.21. The highest BCUT2D eigenvalue weighted by atomic mass is 32.2. The van der Waals surface area contributed by atoms with Crippen molar-refractivity contribution < 1.29 is 12.8 Å². The predicted octanol–water partition coefficient (Wildman–Crippen LogP) is 2.39. The minimum Gasteiger partial charge on any atom is -0.330 e. The molecule has 1 saturated carbocycles. The first kappa shape index (κ1) is 14.5. The van der Waals surface area contributed by atoms with Crippen LogP contribution >= 0.6 is 0 Å². The molecule has 0 bridgehead atoms. The summed E-state index contributed by atoms with van der Waals surface area (Å²) in [6, 6.07) is 4.11. The van der Waals surface area contributed by atoms with Crippen LogP contribution in [0.1, 0.15) is 37.7 Å². The number of nitrogens with two attached hydrogens (primary N) is 1. The zero-order chi connectivity index (χ0) is 14.1. The van der Waals surface area contributed by atoms with Gasteiger partial charge in [0.15, 0.2) is 9.84 Å². The van der Waals surface area contributed by atoms with E-state index in [0.29, 0.717) is 6.54 Å². The second-order valence-corrected chi connectivity index (χ2v) is 7.51. The van der Waals surface area contributed by atoms with Crippen molar-refractivity contribution in [1.29, 1.82) is 0 Å². The number of rotatable bonds is 3. The van der Waals surface area contributed by atoms with Gasteiger partial charge >= 0.3 is 0 Å². The van der Waals surface area contributed by atoms with Crippen LogP contribution in [0.3, 0.4) is 0 Å². The highest BCUT2D eigenvalue weighted by Gasteiger charge is 2.33. The Balaban J connectivity index is 2.52. The molecular weight excluding hydrogens is 265 g/mol. The summed E-state index contributed by atoms with van der Waals surface area (Å²) in [5.74, 6) is -0.503. The Morgan fingerprint density at radius 1 is 1.21 bits per heavy atom. The smallest absolute Gasteiger partial charge is 0.175 e. The van der Waals surface area contributed by atoms with Gasteiger partial charge in [0, 0.05) is 18.2 Å². The number of halogens is 1. The summed E-state index contributed by atoms with van der Waals surface area (Å²) < 4.78 is 36.9. The van der Waals surface area contributed by atoms with Crippen molar-refractivity contribution >= 4 is 9.84 Å². The van der Waals surface area contributed by atoms with E-state index in [0.717, 1.165) is 50.0 Å². The van der Waals surface area contributed by atoms with Gasteiger partial charge in [-0.05, 0) is 36.6 Å². The maximum Gasteiger partial charge on any atom is 0.175 e. The quantitative estimate of drug-likeness (QED) is 0.927. The van der Waals surface area contributed by atoms with E-state index in [-0.39, 0.29) is 10.3 Å². The molecule has 2 rings (SSSR count). The maximum atomic E-state index is 13.7.